The Kier molecular flexibility index (Phi) is 3.28. The molecule has 1 atom stereocenters. The van der Waals surface area contributed by atoms with Gasteiger partial charge in [0, 0.05) is 7.05 Å². The Balaban J connectivity index is 2.30. The lowest BCUT2D eigenvalue weighted by Gasteiger charge is -2.06. The number of para-hydroxylation sites is 2. The van der Waals surface area contributed by atoms with E-state index in [0.717, 1.165) is 11.0 Å². The van der Waals surface area contributed by atoms with Crippen molar-refractivity contribution in [1.82, 2.24) is 9.55 Å². The molecule has 0 aliphatic carbocycles. The molecule has 2 rings (SSSR count). The number of halogens is 2. The van der Waals surface area contributed by atoms with E-state index < -0.39 is 12.1 Å². The normalized spacial score (nSPS) is 12.6. The molecule has 0 saturated heterocycles. The molecule has 1 unspecified atom stereocenters. The molecule has 1 amide bonds. The fourth-order valence-corrected chi connectivity index (χ4v) is 1.66. The number of fused-ring (bicyclic) bond motifs is 1. The molecule has 2 aromatic rings. The van der Waals surface area contributed by atoms with Crippen LogP contribution in [-0.2, 0) is 11.8 Å². The summed E-state index contributed by atoms with van der Waals surface area (Å²) < 4.78 is 14.7. The molecule has 1 heterocycles. The van der Waals surface area contributed by atoms with Gasteiger partial charge in [0.25, 0.3) is 5.91 Å². The zero-order chi connectivity index (χ0) is 12.4. The fourth-order valence-electron chi connectivity index (χ4n) is 1.52. The molecule has 0 aliphatic heterocycles. The van der Waals surface area contributed by atoms with Gasteiger partial charge in [0.1, 0.15) is 0 Å². The van der Waals surface area contributed by atoms with E-state index in [-0.39, 0.29) is 5.88 Å². The van der Waals surface area contributed by atoms with E-state index in [1.165, 1.54) is 0 Å². The SMILES string of the molecule is Cn1c(NC(=O)C(F)CCl)nc2ccccc21. The number of rotatable bonds is 3. The average Bonchev–Trinajstić information content (AvgIpc) is 2.66. The summed E-state index contributed by atoms with van der Waals surface area (Å²) in [7, 11) is 1.75. The highest BCUT2D eigenvalue weighted by Gasteiger charge is 2.18. The Labute approximate surface area is 102 Å². The molecule has 1 aromatic carbocycles. The van der Waals surface area contributed by atoms with Crippen molar-refractivity contribution in [2.75, 3.05) is 11.2 Å². The lowest BCUT2D eigenvalue weighted by Crippen LogP contribution is -2.26. The molecule has 0 bridgehead atoms. The first-order valence-corrected chi connectivity index (χ1v) is 5.59. The van der Waals surface area contributed by atoms with Gasteiger partial charge in [-0.25, -0.2) is 9.37 Å². The molecule has 0 saturated carbocycles. The van der Waals surface area contributed by atoms with Crippen LogP contribution in [0, 0.1) is 0 Å². The van der Waals surface area contributed by atoms with Crippen LogP contribution >= 0.6 is 11.6 Å². The quantitative estimate of drug-likeness (QED) is 0.854. The second-order valence-electron chi connectivity index (χ2n) is 3.59. The summed E-state index contributed by atoms with van der Waals surface area (Å²) in [5.41, 5.74) is 1.61. The van der Waals surface area contributed by atoms with Crippen LogP contribution in [0.25, 0.3) is 11.0 Å². The molecule has 1 N–H and O–H groups in total. The standard InChI is InChI=1S/C11H11ClFN3O/c1-16-9-5-3-2-4-8(9)14-11(16)15-10(17)7(13)6-12/h2-5,7H,6H2,1H3,(H,14,15,17). The minimum absolute atomic E-state index is 0.309. The number of aryl methyl sites for hydroxylation is 1. The Morgan fingerprint density at radius 1 is 1.59 bits per heavy atom. The fraction of sp³-hybridized carbons (Fsp3) is 0.273. The molecule has 0 radical (unpaired) electrons. The molecular weight excluding hydrogens is 245 g/mol. The van der Waals surface area contributed by atoms with E-state index in [4.69, 9.17) is 11.6 Å². The van der Waals surface area contributed by atoms with E-state index >= 15 is 0 Å². The van der Waals surface area contributed by atoms with E-state index in [0.29, 0.717) is 5.95 Å². The van der Waals surface area contributed by atoms with Crippen LogP contribution in [0.5, 0.6) is 0 Å². The summed E-state index contributed by atoms with van der Waals surface area (Å²) >= 11 is 5.27. The molecule has 0 spiro atoms. The zero-order valence-electron chi connectivity index (χ0n) is 9.15. The van der Waals surface area contributed by atoms with Crippen molar-refractivity contribution >= 4 is 34.5 Å². The Hall–Kier alpha value is -1.62. The second-order valence-corrected chi connectivity index (χ2v) is 3.90. The number of carbonyl (C=O) groups is 1. The number of nitrogens with one attached hydrogen (secondary N) is 1. The van der Waals surface area contributed by atoms with Crippen molar-refractivity contribution in [2.24, 2.45) is 7.05 Å². The maximum Gasteiger partial charge on any atom is 0.262 e. The number of aromatic nitrogens is 2. The van der Waals surface area contributed by atoms with Crippen molar-refractivity contribution in [3.8, 4) is 0 Å². The molecule has 0 fully saturated rings. The van der Waals surface area contributed by atoms with Gasteiger partial charge in [-0.2, -0.15) is 0 Å². The maximum atomic E-state index is 13.0. The number of hydrogen-bond donors (Lipinski definition) is 1. The van der Waals surface area contributed by atoms with Crippen LogP contribution in [0.1, 0.15) is 0 Å². The van der Waals surface area contributed by atoms with Crippen LogP contribution in [0.2, 0.25) is 0 Å². The van der Waals surface area contributed by atoms with Crippen LogP contribution < -0.4 is 5.32 Å². The number of nitrogens with zero attached hydrogens (tertiary/aromatic N) is 2. The van der Waals surface area contributed by atoms with Gasteiger partial charge < -0.3 is 4.57 Å². The number of amides is 1. The van der Waals surface area contributed by atoms with Gasteiger partial charge in [-0.3, -0.25) is 10.1 Å². The zero-order valence-corrected chi connectivity index (χ0v) is 9.91. The van der Waals surface area contributed by atoms with Crippen molar-refractivity contribution in [3.63, 3.8) is 0 Å². The van der Waals surface area contributed by atoms with Crippen molar-refractivity contribution in [1.29, 1.82) is 0 Å². The number of carbonyl (C=O) groups excluding carboxylic acids is 1. The van der Waals surface area contributed by atoms with Gasteiger partial charge in [-0.05, 0) is 12.1 Å². The highest BCUT2D eigenvalue weighted by Crippen LogP contribution is 2.17. The van der Waals surface area contributed by atoms with E-state index in [1.54, 1.807) is 11.6 Å². The van der Waals surface area contributed by atoms with E-state index in [9.17, 15) is 9.18 Å². The topological polar surface area (TPSA) is 46.9 Å². The molecule has 90 valence electrons. The summed E-state index contributed by atoms with van der Waals surface area (Å²) in [5, 5.41) is 2.40. The van der Waals surface area contributed by atoms with Gasteiger partial charge in [-0.15, -0.1) is 11.6 Å². The number of imidazole rings is 1. The number of benzene rings is 1. The second kappa shape index (κ2) is 4.71. The van der Waals surface area contributed by atoms with E-state index in [2.05, 4.69) is 10.3 Å². The minimum Gasteiger partial charge on any atom is -0.313 e. The number of alkyl halides is 2. The van der Waals surface area contributed by atoms with Crippen LogP contribution in [0.4, 0.5) is 10.3 Å². The molecule has 6 heteroatoms. The first-order valence-electron chi connectivity index (χ1n) is 5.06. The molecular formula is C11H11ClFN3O. The first-order chi connectivity index (χ1) is 8.13. The number of hydrogen-bond acceptors (Lipinski definition) is 2. The number of anilines is 1. The van der Waals surface area contributed by atoms with Crippen LogP contribution in [0.3, 0.4) is 0 Å². The molecule has 17 heavy (non-hydrogen) atoms. The maximum absolute atomic E-state index is 13.0. The summed E-state index contributed by atoms with van der Waals surface area (Å²) in [6.07, 6.45) is -1.73. The monoisotopic (exact) mass is 255 g/mol. The van der Waals surface area contributed by atoms with Gasteiger partial charge >= 0.3 is 0 Å². The molecule has 1 aromatic heterocycles. The molecule has 4 nitrogen and oxygen atoms in total. The Morgan fingerprint density at radius 2 is 2.29 bits per heavy atom. The van der Waals surface area contributed by atoms with E-state index in [1.807, 2.05) is 24.3 Å². The summed E-state index contributed by atoms with van der Waals surface area (Å²) in [4.78, 5) is 15.5. The molecule has 0 aliphatic rings. The lowest BCUT2D eigenvalue weighted by atomic mass is 10.3. The Bertz CT molecular complexity index is 555. The third kappa shape index (κ3) is 2.24. The predicted molar refractivity (Wildman–Crippen MR) is 65.0 cm³/mol. The lowest BCUT2D eigenvalue weighted by molar-refractivity contribution is -0.120. The third-order valence-electron chi connectivity index (χ3n) is 2.44. The van der Waals surface area contributed by atoms with Crippen molar-refractivity contribution in [2.45, 2.75) is 6.17 Å². The average molecular weight is 256 g/mol. The van der Waals surface area contributed by atoms with Crippen molar-refractivity contribution < 1.29 is 9.18 Å². The smallest absolute Gasteiger partial charge is 0.262 e. The van der Waals surface area contributed by atoms with Gasteiger partial charge in [0.2, 0.25) is 5.95 Å². The van der Waals surface area contributed by atoms with Crippen LogP contribution in [0.15, 0.2) is 24.3 Å². The third-order valence-corrected chi connectivity index (χ3v) is 2.71. The highest BCUT2D eigenvalue weighted by atomic mass is 35.5. The summed E-state index contributed by atoms with van der Waals surface area (Å²) in [6.45, 7) is 0. The van der Waals surface area contributed by atoms with Crippen molar-refractivity contribution in [3.05, 3.63) is 24.3 Å². The minimum atomic E-state index is -1.73. The highest BCUT2D eigenvalue weighted by molar-refractivity contribution is 6.20. The van der Waals surface area contributed by atoms with Gasteiger partial charge in [0.05, 0.1) is 16.9 Å². The summed E-state index contributed by atoms with van der Waals surface area (Å²) in [5.74, 6) is -0.835. The first kappa shape index (κ1) is 11.9. The van der Waals surface area contributed by atoms with Crippen LogP contribution in [-0.4, -0.2) is 27.5 Å². The Morgan fingerprint density at radius 3 is 2.94 bits per heavy atom. The largest absolute Gasteiger partial charge is 0.313 e. The van der Waals surface area contributed by atoms with Gasteiger partial charge in [-0.1, -0.05) is 12.1 Å². The van der Waals surface area contributed by atoms with Gasteiger partial charge in [0.15, 0.2) is 6.17 Å². The summed E-state index contributed by atoms with van der Waals surface area (Å²) in [6, 6.07) is 7.40. The predicted octanol–water partition coefficient (Wildman–Crippen LogP) is 2.09.